The second kappa shape index (κ2) is 41.0. The molecule has 1 aliphatic heterocycles. The van der Waals surface area contributed by atoms with Gasteiger partial charge >= 0.3 is 30.8 Å². The Morgan fingerprint density at radius 3 is 1.62 bits per heavy atom. The summed E-state index contributed by atoms with van der Waals surface area (Å²) in [5.74, 6) is 0.854. The summed E-state index contributed by atoms with van der Waals surface area (Å²) in [6, 6.07) is -0.0829. The normalized spacial score (nSPS) is 11.8. The fourth-order valence-electron chi connectivity index (χ4n) is 4.38. The fraction of sp³-hybridized carbons (Fsp3) is 0.405. The standard InChI is InChI=1S/C9H12N2O2.C7H10N4OS.C7H14N4O.C7H10N2O.C6H9ClO3.C3H6N2.C3H5NO.Al.Li.H3N.H/c1-4-7-10-6(3)8(11-7)9(12)13-5-2;1-4-5(3-12)9-7(8-4)6-2-11(6)10-13;1-4-6(3-12)11-7(10-4)5(9)2-8;1-3-7-8-5(2)6(4-10)9-7;1-3-10-6(9)5(7)4(2)8;2*1-2-3(4)5;;;;/h4H,1,5H2,2-3H3,(H,10,11);6,12H,2-3H2,1H3,(H,8,9);5,12H,2-3,8-9H2,1H3,(H,10,11);3,10H,1,4H2,2H3,(H,8,9);5H,3H2,1-2H3;2H,1H2,(H3,4,5);2H,1H2,(H2,4,5);;;1H3;/q;;;;;;;;+1;;-1. The molecule has 0 aliphatic carbocycles. The molecule has 71 heavy (non-hydrogen) atoms. The van der Waals surface area contributed by atoms with Gasteiger partial charge in [0.25, 0.3) is 0 Å². The van der Waals surface area contributed by atoms with Crippen molar-refractivity contribution in [2.75, 3.05) is 26.3 Å². The number of esters is 2. The minimum absolute atomic E-state index is 0. The molecule has 4 aromatic heterocycles. The largest absolute Gasteiger partial charge is 1.00 e. The molecule has 3 unspecified atom stereocenters. The second-order valence-corrected chi connectivity index (χ2v) is 13.9. The number of aromatic amines is 4. The number of carbonyl (C=O) groups excluding carboxylic acids is 4. The van der Waals surface area contributed by atoms with E-state index < -0.39 is 23.2 Å². The quantitative estimate of drug-likeness (QED) is 0.00953. The van der Waals surface area contributed by atoms with Gasteiger partial charge in [-0.15, -0.1) is 16.1 Å². The number of halogens is 1. The van der Waals surface area contributed by atoms with Gasteiger partial charge in [0.2, 0.25) is 5.91 Å². The first kappa shape index (κ1) is 74.3. The number of amidine groups is 1. The first-order valence-electron chi connectivity index (χ1n) is 20.3. The van der Waals surface area contributed by atoms with Crippen LogP contribution in [-0.2, 0) is 56.1 Å². The zero-order chi connectivity index (χ0) is 52.7. The second-order valence-electron chi connectivity index (χ2n) is 13.3. The maximum Gasteiger partial charge on any atom is 1.00 e. The van der Waals surface area contributed by atoms with Crippen LogP contribution in [0.5, 0.6) is 0 Å². The maximum absolute atomic E-state index is 11.3. The number of primary amides is 1. The molecule has 1 saturated heterocycles. The number of hydrogen-bond acceptors (Lipinski definition) is 19. The Hall–Kier alpha value is -5.65. The molecule has 0 saturated carbocycles. The summed E-state index contributed by atoms with van der Waals surface area (Å²) in [4.78, 5) is 70.0. The zero-order valence-corrected chi connectivity index (χ0v) is 44.4. The van der Waals surface area contributed by atoms with Crippen molar-refractivity contribution in [1.82, 2.24) is 51.0 Å². The van der Waals surface area contributed by atoms with E-state index in [1.165, 1.54) is 13.0 Å². The van der Waals surface area contributed by atoms with E-state index in [9.17, 15) is 19.2 Å². The summed E-state index contributed by atoms with van der Waals surface area (Å²) in [6.07, 6.45) is 5.50. The first-order chi connectivity index (χ1) is 32.0. The summed E-state index contributed by atoms with van der Waals surface area (Å²) in [5, 5.41) is 33.5. The van der Waals surface area contributed by atoms with Crippen molar-refractivity contribution in [2.24, 2.45) is 27.4 Å². The van der Waals surface area contributed by atoms with Crippen molar-refractivity contribution in [3.05, 3.63) is 107 Å². The Labute approximate surface area is 448 Å². The van der Waals surface area contributed by atoms with Crippen LogP contribution in [-0.4, -0.2) is 139 Å². The molecule has 29 heteroatoms. The smallest absolute Gasteiger partial charge is 1.00 e. The van der Waals surface area contributed by atoms with Crippen LogP contribution < -0.4 is 47.9 Å². The third-order valence-corrected chi connectivity index (χ3v) is 8.80. The molecule has 19 N–H and O–H groups in total. The Bertz CT molecular complexity index is 2260. The Morgan fingerprint density at radius 2 is 1.30 bits per heavy atom. The number of hydrogen-bond donors (Lipinski definition) is 13. The third-order valence-electron chi connectivity index (χ3n) is 8.10. The topological polar surface area (TPSA) is 440 Å². The van der Waals surface area contributed by atoms with Gasteiger partial charge in [-0.05, 0) is 72.8 Å². The molecule has 5 heterocycles. The van der Waals surface area contributed by atoms with E-state index in [1.807, 2.05) is 20.8 Å². The molecular formula is C42H70AlClLiN16O9S. The maximum atomic E-state index is 11.3. The van der Waals surface area contributed by atoms with Crippen molar-refractivity contribution in [3.63, 3.8) is 0 Å². The fourth-order valence-corrected chi connectivity index (χ4v) is 4.62. The number of nitrogens with two attached hydrogens (primary N) is 4. The van der Waals surface area contributed by atoms with E-state index >= 15 is 0 Å². The minimum Gasteiger partial charge on any atom is -1.00 e. The molecule has 0 aromatic carbocycles. The van der Waals surface area contributed by atoms with Gasteiger partial charge in [0.05, 0.1) is 75.1 Å². The van der Waals surface area contributed by atoms with Crippen LogP contribution in [0.3, 0.4) is 0 Å². The summed E-state index contributed by atoms with van der Waals surface area (Å²) < 4.78 is 12.9. The number of H-pyrrole nitrogens is 4. The first-order valence-corrected chi connectivity index (χ1v) is 21.1. The molecule has 0 spiro atoms. The Balaban J connectivity index is -0.000000179. The molecule has 1 fully saturated rings. The molecular weight excluding hydrogens is 974 g/mol. The number of nitrogens with zero attached hydrogens (tertiary/aromatic N) is 6. The summed E-state index contributed by atoms with van der Waals surface area (Å²) in [7, 11) is 0. The van der Waals surface area contributed by atoms with Crippen LogP contribution in [0.25, 0.3) is 12.2 Å². The number of aryl methyl sites for hydroxylation is 4. The number of alkyl halides is 1. The number of amides is 1. The van der Waals surface area contributed by atoms with Crippen LogP contribution in [0.15, 0.2) is 42.9 Å². The monoisotopic (exact) mass is 1040 g/mol. The Morgan fingerprint density at radius 1 is 0.859 bits per heavy atom. The molecule has 4 aromatic rings. The van der Waals surface area contributed by atoms with Gasteiger partial charge in [0, 0.05) is 46.7 Å². The van der Waals surface area contributed by atoms with Gasteiger partial charge in [-0.25, -0.2) is 29.5 Å². The van der Waals surface area contributed by atoms with Crippen LogP contribution >= 0.6 is 11.6 Å². The number of Topliss-reactive ketones (excluding diaryl/α,β-unsaturated/α-hetero) is 1. The number of rotatable bonds is 16. The van der Waals surface area contributed by atoms with Crippen LogP contribution in [0.2, 0.25) is 0 Å². The van der Waals surface area contributed by atoms with E-state index in [0.29, 0.717) is 59.1 Å². The predicted molar refractivity (Wildman–Crippen MR) is 273 cm³/mol. The van der Waals surface area contributed by atoms with E-state index in [4.69, 9.17) is 54.3 Å². The van der Waals surface area contributed by atoms with Gasteiger partial charge < -0.3 is 75.2 Å². The molecule has 3 atom stereocenters. The number of carbonyl (C=O) groups is 4. The molecule has 389 valence electrons. The van der Waals surface area contributed by atoms with Crippen LogP contribution in [0, 0.1) is 33.1 Å². The third kappa shape index (κ3) is 29.3. The number of aromatic nitrogens is 8. The Kier molecular flexibility index (Phi) is 42.9. The number of ether oxygens (including phenoxy) is 2. The molecule has 0 bridgehead atoms. The van der Waals surface area contributed by atoms with Gasteiger partial charge in [-0.3, -0.25) is 20.0 Å². The van der Waals surface area contributed by atoms with E-state index in [1.54, 1.807) is 37.9 Å². The van der Waals surface area contributed by atoms with Crippen LogP contribution in [0.1, 0.15) is 108 Å². The molecule has 5 rings (SSSR count). The van der Waals surface area contributed by atoms with Crippen molar-refractivity contribution in [2.45, 2.75) is 85.7 Å². The van der Waals surface area contributed by atoms with Gasteiger partial charge in [-0.1, -0.05) is 26.3 Å². The molecule has 3 radical (unpaired) electrons. The van der Waals surface area contributed by atoms with E-state index in [0.717, 1.165) is 35.5 Å². The number of aliphatic hydroxyl groups is 3. The summed E-state index contributed by atoms with van der Waals surface area (Å²) >= 11 is 9.86. The van der Waals surface area contributed by atoms with Gasteiger partial charge in [-0.2, -0.15) is 0 Å². The van der Waals surface area contributed by atoms with E-state index in [2.05, 4.69) is 93.6 Å². The van der Waals surface area contributed by atoms with Crippen molar-refractivity contribution < 1.29 is 64.3 Å². The number of nitrogens with one attached hydrogen (secondary N) is 5. The summed E-state index contributed by atoms with van der Waals surface area (Å²) in [6.45, 7) is 27.1. The minimum atomic E-state index is -1.14. The van der Waals surface area contributed by atoms with Crippen molar-refractivity contribution in [1.29, 1.82) is 5.41 Å². The zero-order valence-electron chi connectivity index (χ0n) is 42.7. The molecule has 1 aliphatic rings. The number of ketones is 1. The molecule has 25 nitrogen and oxygen atoms in total. The number of imidazole rings is 4. The van der Waals surface area contributed by atoms with Crippen LogP contribution in [0.4, 0.5) is 0 Å². The average Bonchev–Trinajstić information content (AvgIpc) is 3.54. The predicted octanol–water partition coefficient (Wildman–Crippen LogP) is -0.818. The van der Waals surface area contributed by atoms with Crippen molar-refractivity contribution >= 4 is 83.0 Å². The van der Waals surface area contributed by atoms with Gasteiger partial charge in [0.15, 0.2) is 16.9 Å². The molecule has 1 amide bonds. The summed E-state index contributed by atoms with van der Waals surface area (Å²) in [5.41, 5.74) is 26.0. The van der Waals surface area contributed by atoms with Crippen molar-refractivity contribution in [3.8, 4) is 0 Å². The average molecular weight is 1040 g/mol. The van der Waals surface area contributed by atoms with E-state index in [-0.39, 0.29) is 93.9 Å². The SMILES string of the molecule is C=CC(=N)N.C=CC(N)=O.C=Cc1nc(C(=O)OCC)c(C)[nH]1.C=Cc1nc(CO)c(C)[nH]1.CCOC(=O)C(Cl)C(C)=O.Cc1[nH]c(C(N)CN)nc1CO.Cc1[nH]c(C2CN2N=S)nc1CO.N.[Al].[H-].[Li+]. The van der Waals surface area contributed by atoms with Gasteiger partial charge in [0.1, 0.15) is 35.2 Å². The number of aliphatic hydroxyl groups excluding tert-OH is 3.